The summed E-state index contributed by atoms with van der Waals surface area (Å²) in [5.74, 6) is 0.894. The van der Waals surface area contributed by atoms with Gasteiger partial charge < -0.3 is 10.1 Å². The van der Waals surface area contributed by atoms with Gasteiger partial charge in [0.05, 0.1) is 7.11 Å². The van der Waals surface area contributed by atoms with Crippen LogP contribution in [0.1, 0.15) is 29.7 Å². The van der Waals surface area contributed by atoms with E-state index < -0.39 is 0 Å². The number of hydrogen-bond acceptors (Lipinski definition) is 3. The number of methoxy groups -OCH3 is 1. The van der Waals surface area contributed by atoms with Crippen molar-refractivity contribution >= 4 is 22.9 Å². The molecule has 1 N–H and O–H groups in total. The number of halogens is 1. The first-order valence-electron chi connectivity index (χ1n) is 6.74. The van der Waals surface area contributed by atoms with E-state index in [0.29, 0.717) is 6.04 Å². The van der Waals surface area contributed by atoms with Crippen molar-refractivity contribution in [1.82, 2.24) is 5.32 Å². The number of likely N-dealkylation sites (N-methyl/N-ethyl adjacent to an activating group) is 1. The fourth-order valence-electron chi connectivity index (χ4n) is 2.39. The molecule has 0 spiro atoms. The Labute approximate surface area is 129 Å². The van der Waals surface area contributed by atoms with Crippen LogP contribution in [0.2, 0.25) is 5.02 Å². The second kappa shape index (κ2) is 7.11. The number of thiophene rings is 1. The third-order valence-corrected chi connectivity index (χ3v) is 4.50. The lowest BCUT2D eigenvalue weighted by Gasteiger charge is -2.20. The van der Waals surface area contributed by atoms with Crippen molar-refractivity contribution in [2.75, 3.05) is 13.7 Å². The Kier molecular flexibility index (Phi) is 5.46. The van der Waals surface area contributed by atoms with Gasteiger partial charge in [0.25, 0.3) is 0 Å². The Bertz CT molecular complexity index is 567. The maximum atomic E-state index is 6.12. The third kappa shape index (κ3) is 3.54. The van der Waals surface area contributed by atoms with Gasteiger partial charge in [0, 0.05) is 11.1 Å². The molecule has 1 heterocycles. The Balaban J connectivity index is 2.29. The Morgan fingerprint density at radius 2 is 2.15 bits per heavy atom. The molecule has 0 aliphatic rings. The summed E-state index contributed by atoms with van der Waals surface area (Å²) in [5, 5.41) is 8.71. The average molecular weight is 310 g/mol. The molecule has 2 rings (SSSR count). The average Bonchev–Trinajstić information content (AvgIpc) is 2.85. The van der Waals surface area contributed by atoms with E-state index in [4.69, 9.17) is 16.3 Å². The standard InChI is InChI=1S/C16H20ClNOS/c1-4-18-15(14-10-20-9-11(14)2)8-12-7-13(17)5-6-16(12)19-3/h5-7,9-10,15,18H,4,8H2,1-3H3. The van der Waals surface area contributed by atoms with Crippen LogP contribution in [0.5, 0.6) is 5.75 Å². The first-order chi connectivity index (χ1) is 9.65. The molecule has 2 aromatic rings. The molecule has 0 amide bonds. The molecule has 0 aliphatic heterocycles. The first kappa shape index (κ1) is 15.4. The smallest absolute Gasteiger partial charge is 0.122 e. The van der Waals surface area contributed by atoms with E-state index in [-0.39, 0.29) is 0 Å². The Morgan fingerprint density at radius 3 is 2.75 bits per heavy atom. The summed E-state index contributed by atoms with van der Waals surface area (Å²) in [5.41, 5.74) is 3.83. The molecule has 1 aromatic heterocycles. The molecule has 108 valence electrons. The van der Waals surface area contributed by atoms with Gasteiger partial charge in [0.15, 0.2) is 0 Å². The summed E-state index contributed by atoms with van der Waals surface area (Å²) in [4.78, 5) is 0. The van der Waals surface area contributed by atoms with Gasteiger partial charge in [-0.05, 0) is 65.5 Å². The minimum absolute atomic E-state index is 0.290. The van der Waals surface area contributed by atoms with Gasteiger partial charge in [-0.3, -0.25) is 0 Å². The molecule has 1 unspecified atom stereocenters. The SMILES string of the molecule is CCNC(Cc1cc(Cl)ccc1OC)c1cscc1C. The van der Waals surface area contributed by atoms with E-state index >= 15 is 0 Å². The molecule has 0 saturated heterocycles. The van der Waals surface area contributed by atoms with Gasteiger partial charge >= 0.3 is 0 Å². The quantitative estimate of drug-likeness (QED) is 0.841. The Hall–Kier alpha value is -1.03. The summed E-state index contributed by atoms with van der Waals surface area (Å²) >= 11 is 7.86. The van der Waals surface area contributed by atoms with Crippen LogP contribution in [0.25, 0.3) is 0 Å². The fourth-order valence-corrected chi connectivity index (χ4v) is 3.49. The van der Waals surface area contributed by atoms with Crippen molar-refractivity contribution in [2.45, 2.75) is 26.3 Å². The maximum absolute atomic E-state index is 6.12. The molecular formula is C16H20ClNOS. The minimum Gasteiger partial charge on any atom is -0.496 e. The molecule has 0 radical (unpaired) electrons. The highest BCUT2D eigenvalue weighted by Crippen LogP contribution is 2.30. The lowest BCUT2D eigenvalue weighted by molar-refractivity contribution is 0.405. The fraction of sp³-hybridized carbons (Fsp3) is 0.375. The van der Waals surface area contributed by atoms with E-state index in [0.717, 1.165) is 29.3 Å². The number of benzene rings is 1. The molecule has 4 heteroatoms. The van der Waals surface area contributed by atoms with E-state index in [1.54, 1.807) is 18.4 Å². The van der Waals surface area contributed by atoms with Gasteiger partial charge in [0.1, 0.15) is 5.75 Å². The highest BCUT2D eigenvalue weighted by molar-refractivity contribution is 7.08. The van der Waals surface area contributed by atoms with Crippen molar-refractivity contribution in [2.24, 2.45) is 0 Å². The van der Waals surface area contributed by atoms with Crippen LogP contribution in [0.3, 0.4) is 0 Å². The van der Waals surface area contributed by atoms with Crippen LogP contribution in [-0.2, 0) is 6.42 Å². The molecule has 0 bridgehead atoms. The molecule has 1 aromatic carbocycles. The van der Waals surface area contributed by atoms with Crippen molar-refractivity contribution < 1.29 is 4.74 Å². The summed E-state index contributed by atoms with van der Waals surface area (Å²) < 4.78 is 5.44. The van der Waals surface area contributed by atoms with Gasteiger partial charge in [-0.15, -0.1) is 0 Å². The number of nitrogens with one attached hydrogen (secondary N) is 1. The highest BCUT2D eigenvalue weighted by Gasteiger charge is 2.16. The molecule has 2 nitrogen and oxygen atoms in total. The third-order valence-electron chi connectivity index (χ3n) is 3.39. The lowest BCUT2D eigenvalue weighted by atomic mass is 9.98. The van der Waals surface area contributed by atoms with Gasteiger partial charge in [-0.1, -0.05) is 18.5 Å². The van der Waals surface area contributed by atoms with Crippen LogP contribution in [0, 0.1) is 6.92 Å². The summed E-state index contributed by atoms with van der Waals surface area (Å²) in [7, 11) is 1.70. The maximum Gasteiger partial charge on any atom is 0.122 e. The van der Waals surface area contributed by atoms with Crippen LogP contribution in [0.15, 0.2) is 29.0 Å². The topological polar surface area (TPSA) is 21.3 Å². The van der Waals surface area contributed by atoms with E-state index in [2.05, 4.69) is 29.9 Å². The largest absolute Gasteiger partial charge is 0.496 e. The zero-order chi connectivity index (χ0) is 14.5. The van der Waals surface area contributed by atoms with Gasteiger partial charge in [0.2, 0.25) is 0 Å². The van der Waals surface area contributed by atoms with Crippen molar-refractivity contribution in [3.05, 3.63) is 50.7 Å². The summed E-state index contributed by atoms with van der Waals surface area (Å²) in [6.07, 6.45) is 0.870. The van der Waals surface area contributed by atoms with Gasteiger partial charge in [-0.25, -0.2) is 0 Å². The summed E-state index contributed by atoms with van der Waals surface area (Å²) in [6.45, 7) is 5.22. The predicted octanol–water partition coefficient (Wildman–Crippen LogP) is 4.61. The van der Waals surface area contributed by atoms with Crippen LogP contribution in [-0.4, -0.2) is 13.7 Å². The second-order valence-electron chi connectivity index (χ2n) is 4.78. The molecule has 0 aliphatic carbocycles. The minimum atomic E-state index is 0.290. The molecule has 0 saturated carbocycles. The van der Waals surface area contributed by atoms with E-state index in [9.17, 15) is 0 Å². The van der Waals surface area contributed by atoms with Crippen LogP contribution >= 0.6 is 22.9 Å². The zero-order valence-corrected chi connectivity index (χ0v) is 13.6. The number of hydrogen-bond donors (Lipinski definition) is 1. The second-order valence-corrected chi connectivity index (χ2v) is 5.96. The van der Waals surface area contributed by atoms with Crippen LogP contribution < -0.4 is 10.1 Å². The monoisotopic (exact) mass is 309 g/mol. The predicted molar refractivity (Wildman–Crippen MR) is 87.2 cm³/mol. The first-order valence-corrected chi connectivity index (χ1v) is 8.06. The molecular weight excluding hydrogens is 290 g/mol. The summed E-state index contributed by atoms with van der Waals surface area (Å²) in [6, 6.07) is 6.08. The van der Waals surface area contributed by atoms with E-state index in [1.165, 1.54) is 11.1 Å². The Morgan fingerprint density at radius 1 is 1.35 bits per heavy atom. The molecule has 20 heavy (non-hydrogen) atoms. The van der Waals surface area contributed by atoms with Crippen molar-refractivity contribution in [3.63, 3.8) is 0 Å². The van der Waals surface area contributed by atoms with E-state index in [1.807, 2.05) is 18.2 Å². The zero-order valence-electron chi connectivity index (χ0n) is 12.1. The van der Waals surface area contributed by atoms with Crippen molar-refractivity contribution in [1.29, 1.82) is 0 Å². The number of ether oxygens (including phenoxy) is 1. The highest BCUT2D eigenvalue weighted by atomic mass is 35.5. The number of rotatable bonds is 6. The lowest BCUT2D eigenvalue weighted by Crippen LogP contribution is -2.23. The molecule has 1 atom stereocenters. The van der Waals surface area contributed by atoms with Gasteiger partial charge in [-0.2, -0.15) is 11.3 Å². The number of aryl methyl sites for hydroxylation is 1. The molecule has 0 fully saturated rings. The normalized spacial score (nSPS) is 12.4. The van der Waals surface area contributed by atoms with Crippen LogP contribution in [0.4, 0.5) is 0 Å². The van der Waals surface area contributed by atoms with Crippen molar-refractivity contribution in [3.8, 4) is 5.75 Å².